The molecule has 5 rings (SSSR count). The summed E-state index contributed by atoms with van der Waals surface area (Å²) < 4.78 is 7.22. The number of hydrogen-bond acceptors (Lipinski definition) is 7. The zero-order chi connectivity index (χ0) is 20.5. The summed E-state index contributed by atoms with van der Waals surface area (Å²) >= 11 is 1.55. The fourth-order valence-electron chi connectivity index (χ4n) is 3.62. The molecule has 1 aromatic carbocycles. The molecule has 1 aliphatic heterocycles. The number of piperidine rings is 1. The molecule has 0 atom stereocenters. The highest BCUT2D eigenvalue weighted by Gasteiger charge is 2.26. The average molecular weight is 420 g/mol. The van der Waals surface area contributed by atoms with Crippen LogP contribution >= 0.6 is 11.3 Å². The fourth-order valence-corrected chi connectivity index (χ4v) is 4.46. The molecule has 1 saturated heterocycles. The lowest BCUT2D eigenvalue weighted by Crippen LogP contribution is -2.38. The first kappa shape index (κ1) is 18.7. The van der Waals surface area contributed by atoms with Crippen LogP contribution in [0.5, 0.6) is 0 Å². The van der Waals surface area contributed by atoms with Crippen LogP contribution in [-0.4, -0.2) is 49.0 Å². The van der Waals surface area contributed by atoms with Crippen LogP contribution in [0.15, 0.2) is 53.2 Å². The van der Waals surface area contributed by atoms with E-state index in [4.69, 9.17) is 4.52 Å². The lowest BCUT2D eigenvalue weighted by atomic mass is 10.1. The molecule has 0 N–H and O–H groups in total. The van der Waals surface area contributed by atoms with Crippen molar-refractivity contribution in [2.24, 2.45) is 0 Å². The van der Waals surface area contributed by atoms with Crippen molar-refractivity contribution in [2.75, 3.05) is 13.1 Å². The van der Waals surface area contributed by atoms with Crippen molar-refractivity contribution >= 4 is 17.2 Å². The van der Waals surface area contributed by atoms with Gasteiger partial charge in [0, 0.05) is 23.5 Å². The number of rotatable bonds is 4. The minimum atomic E-state index is 0.116. The van der Waals surface area contributed by atoms with Gasteiger partial charge in [-0.2, -0.15) is 4.98 Å². The molecule has 30 heavy (non-hydrogen) atoms. The molecule has 1 aliphatic rings. The average Bonchev–Trinajstić information content (AvgIpc) is 3.54. The van der Waals surface area contributed by atoms with Crippen LogP contribution in [-0.2, 0) is 0 Å². The molecular weight excluding hydrogens is 400 g/mol. The minimum Gasteiger partial charge on any atom is -0.338 e. The van der Waals surface area contributed by atoms with Crippen LogP contribution in [0.1, 0.15) is 33.4 Å². The van der Waals surface area contributed by atoms with Gasteiger partial charge in [0.2, 0.25) is 5.82 Å². The highest BCUT2D eigenvalue weighted by Crippen LogP contribution is 2.26. The molecule has 0 unspecified atom stereocenters. The predicted octanol–water partition coefficient (Wildman–Crippen LogP) is 3.84. The van der Waals surface area contributed by atoms with Crippen molar-refractivity contribution in [3.63, 3.8) is 0 Å². The van der Waals surface area contributed by atoms with Crippen LogP contribution in [0.3, 0.4) is 0 Å². The SMILES string of the molecule is Cc1ccc(C(=O)N2CCC(n3cc(-c4nc(-c5ccccc5)no4)nn3)CC2)s1. The van der Waals surface area contributed by atoms with E-state index in [0.29, 0.717) is 30.5 Å². The summed E-state index contributed by atoms with van der Waals surface area (Å²) in [6, 6.07) is 13.7. The highest BCUT2D eigenvalue weighted by atomic mass is 32.1. The largest absolute Gasteiger partial charge is 0.338 e. The first-order valence-corrected chi connectivity index (χ1v) is 10.7. The van der Waals surface area contributed by atoms with Gasteiger partial charge in [0.1, 0.15) is 0 Å². The molecule has 152 valence electrons. The van der Waals surface area contributed by atoms with E-state index in [9.17, 15) is 4.79 Å². The monoisotopic (exact) mass is 420 g/mol. The maximum absolute atomic E-state index is 12.6. The lowest BCUT2D eigenvalue weighted by molar-refractivity contribution is 0.0694. The molecule has 0 bridgehead atoms. The number of aromatic nitrogens is 5. The summed E-state index contributed by atoms with van der Waals surface area (Å²) in [7, 11) is 0. The van der Waals surface area contributed by atoms with Gasteiger partial charge in [-0.15, -0.1) is 16.4 Å². The number of aryl methyl sites for hydroxylation is 1. The Kier molecular flexibility index (Phi) is 4.88. The third-order valence-corrected chi connectivity index (χ3v) is 6.25. The second-order valence-corrected chi connectivity index (χ2v) is 8.59. The Hall–Kier alpha value is -3.33. The molecule has 1 fully saturated rings. The van der Waals surface area contributed by atoms with Gasteiger partial charge in [-0.05, 0) is 31.9 Å². The van der Waals surface area contributed by atoms with Gasteiger partial charge in [-0.1, -0.05) is 40.7 Å². The highest BCUT2D eigenvalue weighted by molar-refractivity contribution is 7.13. The van der Waals surface area contributed by atoms with E-state index in [1.54, 1.807) is 11.3 Å². The van der Waals surface area contributed by atoms with Gasteiger partial charge in [-0.3, -0.25) is 4.79 Å². The molecule has 0 saturated carbocycles. The smallest absolute Gasteiger partial charge is 0.280 e. The number of carbonyl (C=O) groups excluding carboxylic acids is 1. The summed E-state index contributed by atoms with van der Waals surface area (Å²) in [5.74, 6) is 0.988. The van der Waals surface area contributed by atoms with Gasteiger partial charge in [-0.25, -0.2) is 4.68 Å². The van der Waals surface area contributed by atoms with Crippen LogP contribution in [0.2, 0.25) is 0 Å². The van der Waals surface area contributed by atoms with Crippen LogP contribution in [0, 0.1) is 6.92 Å². The second-order valence-electron chi connectivity index (χ2n) is 7.31. The van der Waals surface area contributed by atoms with Crippen molar-refractivity contribution in [1.29, 1.82) is 0 Å². The molecule has 0 aliphatic carbocycles. The Balaban J connectivity index is 1.25. The molecule has 8 nitrogen and oxygen atoms in total. The Labute approximate surface area is 177 Å². The van der Waals surface area contributed by atoms with Gasteiger partial charge >= 0.3 is 0 Å². The first-order valence-electron chi connectivity index (χ1n) is 9.84. The number of amides is 1. The number of carbonyl (C=O) groups is 1. The zero-order valence-electron chi connectivity index (χ0n) is 16.4. The van der Waals surface area contributed by atoms with E-state index in [1.165, 1.54) is 0 Å². The number of thiophene rings is 1. The number of benzene rings is 1. The van der Waals surface area contributed by atoms with Gasteiger partial charge in [0.25, 0.3) is 11.8 Å². The summed E-state index contributed by atoms with van der Waals surface area (Å²) in [5.41, 5.74) is 1.44. The van der Waals surface area contributed by atoms with Crippen molar-refractivity contribution in [3.8, 4) is 23.0 Å². The maximum atomic E-state index is 12.6. The molecule has 9 heteroatoms. The molecular formula is C21H20N6O2S. The molecule has 4 aromatic rings. The predicted molar refractivity (Wildman–Crippen MR) is 112 cm³/mol. The summed E-state index contributed by atoms with van der Waals surface area (Å²) in [6.45, 7) is 3.42. The van der Waals surface area contributed by atoms with Crippen molar-refractivity contribution < 1.29 is 9.32 Å². The molecule has 0 radical (unpaired) electrons. The van der Waals surface area contributed by atoms with Crippen LogP contribution < -0.4 is 0 Å². The van der Waals surface area contributed by atoms with Gasteiger partial charge in [0.05, 0.1) is 17.1 Å². The Morgan fingerprint density at radius 3 is 2.67 bits per heavy atom. The summed E-state index contributed by atoms with van der Waals surface area (Å²) in [4.78, 5) is 21.0. The molecule has 4 heterocycles. The molecule has 3 aromatic heterocycles. The molecule has 0 spiro atoms. The van der Waals surface area contributed by atoms with E-state index in [2.05, 4.69) is 20.5 Å². The van der Waals surface area contributed by atoms with E-state index >= 15 is 0 Å². The third-order valence-electron chi connectivity index (χ3n) is 5.26. The van der Waals surface area contributed by atoms with Crippen molar-refractivity contribution in [1.82, 2.24) is 30.0 Å². The van der Waals surface area contributed by atoms with E-state index in [0.717, 1.165) is 28.2 Å². The van der Waals surface area contributed by atoms with E-state index < -0.39 is 0 Å². The zero-order valence-corrected chi connectivity index (χ0v) is 17.2. The first-order chi connectivity index (χ1) is 14.7. The van der Waals surface area contributed by atoms with E-state index in [-0.39, 0.29) is 11.9 Å². The summed E-state index contributed by atoms with van der Waals surface area (Å²) in [6.07, 6.45) is 3.50. The van der Waals surface area contributed by atoms with Crippen LogP contribution in [0.4, 0.5) is 0 Å². The topological polar surface area (TPSA) is 89.9 Å². The van der Waals surface area contributed by atoms with Crippen molar-refractivity contribution in [2.45, 2.75) is 25.8 Å². The van der Waals surface area contributed by atoms with Gasteiger partial charge in [0.15, 0.2) is 5.69 Å². The maximum Gasteiger partial charge on any atom is 0.280 e. The number of hydrogen-bond donors (Lipinski definition) is 0. The normalized spacial score (nSPS) is 14.9. The Bertz CT molecular complexity index is 1160. The van der Waals surface area contributed by atoms with E-state index in [1.807, 2.05) is 65.2 Å². The van der Waals surface area contributed by atoms with Crippen LogP contribution in [0.25, 0.3) is 23.0 Å². The third kappa shape index (κ3) is 3.63. The minimum absolute atomic E-state index is 0.116. The number of likely N-dealkylation sites (tertiary alicyclic amines) is 1. The summed E-state index contributed by atoms with van der Waals surface area (Å²) in [5, 5.41) is 12.5. The van der Waals surface area contributed by atoms with Gasteiger partial charge < -0.3 is 9.42 Å². The Morgan fingerprint density at radius 1 is 1.13 bits per heavy atom. The quantitative estimate of drug-likeness (QED) is 0.498. The second kappa shape index (κ2) is 7.83. The number of nitrogens with zero attached hydrogens (tertiary/aromatic N) is 6. The standard InChI is InChI=1S/C21H20N6O2S/c1-14-7-8-18(30-14)21(28)26-11-9-16(10-12-26)27-13-17(23-25-27)20-22-19(24-29-20)15-5-3-2-4-6-15/h2-8,13,16H,9-12H2,1H3. The van der Waals surface area contributed by atoms with Crippen molar-refractivity contribution in [3.05, 3.63) is 58.4 Å². The fraction of sp³-hybridized carbons (Fsp3) is 0.286. The lowest BCUT2D eigenvalue weighted by Gasteiger charge is -2.31. The molecule has 1 amide bonds. The Morgan fingerprint density at radius 2 is 1.93 bits per heavy atom.